The van der Waals surface area contributed by atoms with Crippen molar-refractivity contribution in [1.82, 2.24) is 4.90 Å². The van der Waals surface area contributed by atoms with Crippen molar-refractivity contribution >= 4 is 29.0 Å². The molecule has 1 amide bonds. The minimum absolute atomic E-state index is 0.0618. The molecule has 1 heterocycles. The highest BCUT2D eigenvalue weighted by atomic mass is 32.2. The fourth-order valence-corrected chi connectivity index (χ4v) is 4.08. The molecular weight excluding hydrogens is 354 g/mol. The van der Waals surface area contributed by atoms with Crippen molar-refractivity contribution in [1.29, 1.82) is 0 Å². The molecule has 0 unspecified atom stereocenters. The van der Waals surface area contributed by atoms with Crippen molar-refractivity contribution in [2.24, 2.45) is 0 Å². The highest BCUT2D eigenvalue weighted by Crippen LogP contribution is 2.27. The van der Waals surface area contributed by atoms with Gasteiger partial charge in [-0.25, -0.2) is 0 Å². The Morgan fingerprint density at radius 2 is 1.74 bits per heavy atom. The van der Waals surface area contributed by atoms with E-state index in [1.165, 1.54) is 11.1 Å². The molecule has 0 aromatic heterocycles. The van der Waals surface area contributed by atoms with Crippen LogP contribution in [-0.2, 0) is 10.5 Å². The van der Waals surface area contributed by atoms with Crippen molar-refractivity contribution in [2.75, 3.05) is 48.7 Å². The molecule has 0 radical (unpaired) electrons. The first kappa shape index (κ1) is 19.8. The Morgan fingerprint density at radius 1 is 1.04 bits per heavy atom. The maximum absolute atomic E-state index is 12.4. The van der Waals surface area contributed by atoms with Crippen LogP contribution in [0.2, 0.25) is 0 Å². The van der Waals surface area contributed by atoms with Crippen LogP contribution in [0.1, 0.15) is 18.1 Å². The van der Waals surface area contributed by atoms with Crippen molar-refractivity contribution in [3.05, 3.63) is 59.7 Å². The Balaban J connectivity index is 1.52. The summed E-state index contributed by atoms with van der Waals surface area (Å²) >= 11 is 1.65. The SMILES string of the molecule is CCN1CCN(c2ccccc2NC(=O)CSCc2ccc(C)cc2)CC1. The third-order valence-corrected chi connectivity index (χ3v) is 5.96. The lowest BCUT2D eigenvalue weighted by atomic mass is 10.2. The van der Waals surface area contributed by atoms with Crippen molar-refractivity contribution in [3.63, 3.8) is 0 Å². The first-order valence-corrected chi connectivity index (χ1v) is 10.8. The molecule has 0 bridgehead atoms. The molecule has 0 spiro atoms. The maximum Gasteiger partial charge on any atom is 0.234 e. The highest BCUT2D eigenvalue weighted by molar-refractivity contribution is 7.99. The number of hydrogen-bond acceptors (Lipinski definition) is 4. The first-order valence-electron chi connectivity index (χ1n) is 9.65. The highest BCUT2D eigenvalue weighted by Gasteiger charge is 2.18. The van der Waals surface area contributed by atoms with Crippen LogP contribution in [0.3, 0.4) is 0 Å². The molecule has 2 aromatic rings. The minimum atomic E-state index is 0.0618. The minimum Gasteiger partial charge on any atom is -0.367 e. The number of hydrogen-bond donors (Lipinski definition) is 1. The van der Waals surface area contributed by atoms with E-state index in [1.807, 2.05) is 18.2 Å². The van der Waals surface area contributed by atoms with E-state index in [2.05, 4.69) is 59.3 Å². The van der Waals surface area contributed by atoms with Crippen LogP contribution in [0.25, 0.3) is 0 Å². The topological polar surface area (TPSA) is 35.6 Å². The van der Waals surface area contributed by atoms with E-state index in [9.17, 15) is 4.79 Å². The number of benzene rings is 2. The molecule has 0 atom stereocenters. The number of likely N-dealkylation sites (N-methyl/N-ethyl adjacent to an activating group) is 1. The summed E-state index contributed by atoms with van der Waals surface area (Å²) in [4.78, 5) is 17.3. The van der Waals surface area contributed by atoms with E-state index in [-0.39, 0.29) is 5.91 Å². The van der Waals surface area contributed by atoms with Crippen molar-refractivity contribution in [2.45, 2.75) is 19.6 Å². The van der Waals surface area contributed by atoms with Crippen LogP contribution in [0.4, 0.5) is 11.4 Å². The third kappa shape index (κ3) is 5.75. The molecular formula is C22H29N3OS. The lowest BCUT2D eigenvalue weighted by Gasteiger charge is -2.36. The zero-order valence-corrected chi connectivity index (χ0v) is 17.1. The summed E-state index contributed by atoms with van der Waals surface area (Å²) in [5.74, 6) is 1.38. The molecule has 1 saturated heterocycles. The Morgan fingerprint density at radius 3 is 2.44 bits per heavy atom. The number of anilines is 2. The second-order valence-corrected chi connectivity index (χ2v) is 7.95. The van der Waals surface area contributed by atoms with Gasteiger partial charge in [0.25, 0.3) is 0 Å². The van der Waals surface area contributed by atoms with Crippen LogP contribution in [0.5, 0.6) is 0 Å². The molecule has 4 nitrogen and oxygen atoms in total. The fraction of sp³-hybridized carbons (Fsp3) is 0.409. The largest absolute Gasteiger partial charge is 0.367 e. The van der Waals surface area contributed by atoms with Crippen molar-refractivity contribution < 1.29 is 4.79 Å². The van der Waals surface area contributed by atoms with E-state index < -0.39 is 0 Å². The molecule has 3 rings (SSSR count). The molecule has 5 heteroatoms. The number of nitrogens with one attached hydrogen (secondary N) is 1. The van der Waals surface area contributed by atoms with Gasteiger partial charge in [0.1, 0.15) is 0 Å². The summed E-state index contributed by atoms with van der Waals surface area (Å²) in [6.07, 6.45) is 0. The number of amides is 1. The summed E-state index contributed by atoms with van der Waals surface area (Å²) in [6.45, 7) is 9.55. The van der Waals surface area contributed by atoms with Crippen molar-refractivity contribution in [3.8, 4) is 0 Å². The number of carbonyl (C=O) groups is 1. The summed E-state index contributed by atoms with van der Waals surface area (Å²) in [5, 5.41) is 3.11. The second kappa shape index (κ2) is 9.81. The molecule has 1 aliphatic heterocycles. The van der Waals surface area contributed by atoms with Gasteiger partial charge in [0, 0.05) is 31.9 Å². The average molecular weight is 384 g/mol. The molecule has 1 N–H and O–H groups in total. The number of carbonyl (C=O) groups excluding carboxylic acids is 1. The van der Waals surface area contributed by atoms with Crippen LogP contribution in [-0.4, -0.2) is 49.3 Å². The average Bonchev–Trinajstić information content (AvgIpc) is 2.70. The Labute approximate surface area is 166 Å². The number of piperazine rings is 1. The Kier molecular flexibility index (Phi) is 7.18. The number of nitrogens with zero attached hydrogens (tertiary/aromatic N) is 2. The standard InChI is InChI=1S/C22H29N3OS/c1-3-24-12-14-25(15-13-24)21-7-5-4-6-20(21)23-22(26)17-27-16-19-10-8-18(2)9-11-19/h4-11H,3,12-17H2,1-2H3,(H,23,26). The van der Waals surface area contributed by atoms with Gasteiger partial charge in [-0.15, -0.1) is 11.8 Å². The predicted octanol–water partition coefficient (Wildman–Crippen LogP) is 4.01. The van der Waals surface area contributed by atoms with Gasteiger partial charge < -0.3 is 15.1 Å². The summed E-state index contributed by atoms with van der Waals surface area (Å²) in [7, 11) is 0. The van der Waals surface area contributed by atoms with E-state index >= 15 is 0 Å². The van der Waals surface area contributed by atoms with E-state index in [0.717, 1.165) is 49.9 Å². The van der Waals surface area contributed by atoms with Gasteiger partial charge in [0.05, 0.1) is 17.1 Å². The van der Waals surface area contributed by atoms with Gasteiger partial charge >= 0.3 is 0 Å². The summed E-state index contributed by atoms with van der Waals surface area (Å²) < 4.78 is 0. The molecule has 27 heavy (non-hydrogen) atoms. The molecule has 2 aromatic carbocycles. The Hall–Kier alpha value is -1.98. The quantitative estimate of drug-likeness (QED) is 0.784. The monoisotopic (exact) mass is 383 g/mol. The first-order chi connectivity index (χ1) is 13.2. The van der Waals surface area contributed by atoms with Gasteiger partial charge in [-0.1, -0.05) is 48.9 Å². The number of rotatable bonds is 7. The lowest BCUT2D eigenvalue weighted by Crippen LogP contribution is -2.46. The molecule has 144 valence electrons. The van der Waals surface area contributed by atoms with Crippen LogP contribution < -0.4 is 10.2 Å². The lowest BCUT2D eigenvalue weighted by molar-refractivity contribution is -0.113. The molecule has 1 aliphatic rings. The smallest absolute Gasteiger partial charge is 0.234 e. The van der Waals surface area contributed by atoms with Crippen LogP contribution in [0, 0.1) is 6.92 Å². The summed E-state index contributed by atoms with van der Waals surface area (Å²) in [6, 6.07) is 16.6. The normalized spacial score (nSPS) is 15.0. The van der Waals surface area contributed by atoms with Gasteiger partial charge in [-0.2, -0.15) is 0 Å². The second-order valence-electron chi connectivity index (χ2n) is 6.97. The molecule has 1 fully saturated rings. The molecule has 0 saturated carbocycles. The molecule has 0 aliphatic carbocycles. The van der Waals surface area contributed by atoms with Gasteiger partial charge in [-0.3, -0.25) is 4.79 Å². The number of thioether (sulfide) groups is 1. The Bertz CT molecular complexity index is 739. The number of para-hydroxylation sites is 2. The van der Waals surface area contributed by atoms with E-state index in [0.29, 0.717) is 5.75 Å². The summed E-state index contributed by atoms with van der Waals surface area (Å²) in [5.41, 5.74) is 4.57. The zero-order valence-electron chi connectivity index (χ0n) is 16.3. The van der Waals surface area contributed by atoms with Crippen LogP contribution in [0.15, 0.2) is 48.5 Å². The van der Waals surface area contributed by atoms with E-state index in [1.54, 1.807) is 11.8 Å². The predicted molar refractivity (Wildman–Crippen MR) is 117 cm³/mol. The van der Waals surface area contributed by atoms with Gasteiger partial charge in [-0.05, 0) is 31.2 Å². The number of aryl methyl sites for hydroxylation is 1. The zero-order chi connectivity index (χ0) is 19.1. The maximum atomic E-state index is 12.4. The van der Waals surface area contributed by atoms with E-state index in [4.69, 9.17) is 0 Å². The fourth-order valence-electron chi connectivity index (χ4n) is 3.29. The van der Waals surface area contributed by atoms with Gasteiger partial charge in [0.2, 0.25) is 5.91 Å². The van der Waals surface area contributed by atoms with Gasteiger partial charge in [0.15, 0.2) is 0 Å². The third-order valence-electron chi connectivity index (χ3n) is 4.96. The van der Waals surface area contributed by atoms with Crippen LogP contribution >= 0.6 is 11.8 Å².